The van der Waals surface area contributed by atoms with E-state index in [0.29, 0.717) is 23.6 Å². The molecule has 1 amide bonds. The third-order valence-electron chi connectivity index (χ3n) is 6.97. The fourth-order valence-corrected chi connectivity index (χ4v) is 4.96. The highest BCUT2D eigenvalue weighted by Crippen LogP contribution is 2.43. The summed E-state index contributed by atoms with van der Waals surface area (Å²) in [7, 11) is 0. The van der Waals surface area contributed by atoms with Crippen molar-refractivity contribution in [3.8, 4) is 5.75 Å². The average Bonchev–Trinajstić information content (AvgIpc) is 3.18. The van der Waals surface area contributed by atoms with E-state index in [1.165, 1.54) is 4.90 Å². The van der Waals surface area contributed by atoms with Gasteiger partial charge in [0.2, 0.25) is 0 Å². The van der Waals surface area contributed by atoms with Gasteiger partial charge in [-0.2, -0.15) is 0 Å². The summed E-state index contributed by atoms with van der Waals surface area (Å²) in [6, 6.07) is 27.6. The summed E-state index contributed by atoms with van der Waals surface area (Å²) < 4.78 is 5.66. The van der Waals surface area contributed by atoms with Crippen LogP contribution < -0.4 is 9.64 Å². The summed E-state index contributed by atoms with van der Waals surface area (Å²) in [5, 5.41) is 13.5. The number of anilines is 1. The topological polar surface area (TPSA) is 66.8 Å². The number of carbonyl (C=O) groups excluding carboxylic acids is 2. The van der Waals surface area contributed by atoms with Crippen molar-refractivity contribution in [2.45, 2.75) is 39.2 Å². The molecule has 1 N–H and O–H groups in total. The molecule has 38 heavy (non-hydrogen) atoms. The lowest BCUT2D eigenvalue weighted by atomic mass is 9.85. The average molecular weight is 506 g/mol. The number of ether oxygens (including phenoxy) is 1. The fraction of sp³-hybridized carbons (Fsp3) is 0.212. The third kappa shape index (κ3) is 4.56. The second kappa shape index (κ2) is 9.82. The second-order valence-electron chi connectivity index (χ2n) is 10.5. The number of Topliss-reactive ketones (excluding diaryl/α,β-unsaturated/α-hetero) is 1. The molecular formula is C33H31NO4. The Hall–Kier alpha value is -4.38. The van der Waals surface area contributed by atoms with Gasteiger partial charge in [0.15, 0.2) is 0 Å². The summed E-state index contributed by atoms with van der Waals surface area (Å²) >= 11 is 0. The number of amides is 1. The molecule has 0 aliphatic carbocycles. The first-order valence-electron chi connectivity index (χ1n) is 12.8. The lowest BCUT2D eigenvalue weighted by Crippen LogP contribution is -2.29. The number of nitrogens with zero attached hydrogens (tertiary/aromatic N) is 1. The first-order valence-corrected chi connectivity index (χ1v) is 12.8. The molecule has 1 fully saturated rings. The summed E-state index contributed by atoms with van der Waals surface area (Å²) in [6.07, 6.45) is 0. The van der Waals surface area contributed by atoms with Gasteiger partial charge in [-0.05, 0) is 52.4 Å². The van der Waals surface area contributed by atoms with E-state index in [2.05, 4.69) is 20.8 Å². The predicted molar refractivity (Wildman–Crippen MR) is 151 cm³/mol. The highest BCUT2D eigenvalue weighted by Gasteiger charge is 2.47. The molecule has 1 atom stereocenters. The van der Waals surface area contributed by atoms with Crippen LogP contribution in [0.25, 0.3) is 16.5 Å². The normalized spacial score (nSPS) is 17.3. The van der Waals surface area contributed by atoms with Gasteiger partial charge < -0.3 is 9.84 Å². The largest absolute Gasteiger partial charge is 0.507 e. The number of aliphatic hydroxyl groups excluding tert-OH is 1. The Kier molecular flexibility index (Phi) is 6.53. The molecule has 1 unspecified atom stereocenters. The number of hydrogen-bond donors (Lipinski definition) is 1. The van der Waals surface area contributed by atoms with Crippen LogP contribution in [0.1, 0.15) is 50.4 Å². The number of aliphatic hydroxyl groups is 1. The Labute approximate surface area is 223 Å². The summed E-state index contributed by atoms with van der Waals surface area (Å²) in [6.45, 7) is 8.76. The molecule has 5 heteroatoms. The Morgan fingerprint density at radius 2 is 1.58 bits per heavy atom. The fourth-order valence-electron chi connectivity index (χ4n) is 4.96. The van der Waals surface area contributed by atoms with Gasteiger partial charge in [0, 0.05) is 17.3 Å². The van der Waals surface area contributed by atoms with Crippen LogP contribution in [0.3, 0.4) is 0 Å². The van der Waals surface area contributed by atoms with Crippen molar-refractivity contribution in [2.24, 2.45) is 0 Å². The van der Waals surface area contributed by atoms with Crippen LogP contribution in [0.4, 0.5) is 5.69 Å². The summed E-state index contributed by atoms with van der Waals surface area (Å²) in [4.78, 5) is 28.5. The molecule has 4 aromatic rings. The van der Waals surface area contributed by atoms with Crippen molar-refractivity contribution in [3.05, 3.63) is 113 Å². The maximum absolute atomic E-state index is 13.5. The first kappa shape index (κ1) is 25.3. The van der Waals surface area contributed by atoms with Crippen molar-refractivity contribution in [1.82, 2.24) is 0 Å². The van der Waals surface area contributed by atoms with Crippen LogP contribution in [0.5, 0.6) is 5.75 Å². The van der Waals surface area contributed by atoms with E-state index in [4.69, 9.17) is 4.74 Å². The molecule has 1 heterocycles. The molecule has 0 radical (unpaired) electrons. The summed E-state index contributed by atoms with van der Waals surface area (Å²) in [5.74, 6) is -1.00. The Morgan fingerprint density at radius 1 is 0.868 bits per heavy atom. The van der Waals surface area contributed by atoms with Gasteiger partial charge in [-0.15, -0.1) is 0 Å². The van der Waals surface area contributed by atoms with Crippen LogP contribution in [0.15, 0.2) is 96.6 Å². The van der Waals surface area contributed by atoms with Crippen molar-refractivity contribution in [1.29, 1.82) is 0 Å². The van der Waals surface area contributed by atoms with E-state index in [9.17, 15) is 14.7 Å². The number of hydrogen-bond acceptors (Lipinski definition) is 4. The Morgan fingerprint density at radius 3 is 2.26 bits per heavy atom. The molecular weight excluding hydrogens is 474 g/mol. The minimum absolute atomic E-state index is 0.0583. The maximum atomic E-state index is 13.5. The lowest BCUT2D eigenvalue weighted by molar-refractivity contribution is -0.132. The highest BCUT2D eigenvalue weighted by molar-refractivity contribution is 6.51. The lowest BCUT2D eigenvalue weighted by Gasteiger charge is -2.27. The van der Waals surface area contributed by atoms with E-state index < -0.39 is 17.7 Å². The van der Waals surface area contributed by atoms with Crippen LogP contribution >= 0.6 is 0 Å². The molecule has 1 aliphatic rings. The van der Waals surface area contributed by atoms with Gasteiger partial charge in [0.05, 0.1) is 18.2 Å². The zero-order chi connectivity index (χ0) is 27.0. The summed E-state index contributed by atoms with van der Waals surface area (Å²) in [5.41, 5.74) is 2.89. The smallest absolute Gasteiger partial charge is 0.300 e. The zero-order valence-electron chi connectivity index (χ0n) is 22.1. The molecule has 0 spiro atoms. The van der Waals surface area contributed by atoms with E-state index in [1.807, 2.05) is 73.7 Å². The minimum Gasteiger partial charge on any atom is -0.507 e. The zero-order valence-corrected chi connectivity index (χ0v) is 22.1. The molecule has 0 aromatic heterocycles. The van der Waals surface area contributed by atoms with Crippen LogP contribution in [0, 0.1) is 0 Å². The minimum atomic E-state index is -0.799. The highest BCUT2D eigenvalue weighted by atomic mass is 16.5. The standard InChI is InChI=1S/C33H31NO4/c1-5-38-27-12-8-11-26(20-27)34-29(22-15-17-25(18-16-22)33(2,3)4)28(31(36)32(34)37)30(35)24-14-13-21-9-6-7-10-23(21)19-24/h6-20,29,35H,5H2,1-4H3/b30-28-. The SMILES string of the molecule is CCOc1cccc(N2C(=O)C(=O)/C(=C(\O)c3ccc4ccccc4c3)C2c2ccc(C(C)(C)C)cc2)c1. The number of rotatable bonds is 5. The van der Waals surface area contributed by atoms with E-state index in [1.54, 1.807) is 24.3 Å². The molecule has 0 bridgehead atoms. The van der Waals surface area contributed by atoms with Gasteiger partial charge >= 0.3 is 0 Å². The van der Waals surface area contributed by atoms with Crippen molar-refractivity contribution >= 4 is 33.9 Å². The van der Waals surface area contributed by atoms with Gasteiger partial charge in [-0.1, -0.05) is 87.5 Å². The van der Waals surface area contributed by atoms with Gasteiger partial charge in [0.25, 0.3) is 11.7 Å². The molecule has 1 saturated heterocycles. The molecule has 5 nitrogen and oxygen atoms in total. The van der Waals surface area contributed by atoms with Crippen LogP contribution in [-0.2, 0) is 15.0 Å². The molecule has 5 rings (SSSR count). The Balaban J connectivity index is 1.70. The molecule has 4 aromatic carbocycles. The molecule has 192 valence electrons. The van der Waals surface area contributed by atoms with E-state index in [0.717, 1.165) is 21.9 Å². The number of fused-ring (bicyclic) bond motifs is 1. The van der Waals surface area contributed by atoms with Gasteiger partial charge in [-0.25, -0.2) is 0 Å². The Bertz CT molecular complexity index is 1560. The predicted octanol–water partition coefficient (Wildman–Crippen LogP) is 7.16. The van der Waals surface area contributed by atoms with Crippen molar-refractivity contribution in [3.63, 3.8) is 0 Å². The van der Waals surface area contributed by atoms with Gasteiger partial charge in [-0.3, -0.25) is 14.5 Å². The monoisotopic (exact) mass is 505 g/mol. The number of benzene rings is 4. The van der Waals surface area contributed by atoms with E-state index >= 15 is 0 Å². The van der Waals surface area contributed by atoms with Crippen molar-refractivity contribution in [2.75, 3.05) is 11.5 Å². The van der Waals surface area contributed by atoms with Gasteiger partial charge in [0.1, 0.15) is 11.5 Å². The molecule has 0 saturated carbocycles. The second-order valence-corrected chi connectivity index (χ2v) is 10.5. The maximum Gasteiger partial charge on any atom is 0.300 e. The number of ketones is 1. The molecule has 1 aliphatic heterocycles. The number of carbonyl (C=O) groups is 2. The van der Waals surface area contributed by atoms with E-state index in [-0.39, 0.29) is 16.7 Å². The third-order valence-corrected chi connectivity index (χ3v) is 6.97. The first-order chi connectivity index (χ1) is 18.2. The van der Waals surface area contributed by atoms with Crippen LogP contribution in [0.2, 0.25) is 0 Å². The van der Waals surface area contributed by atoms with Crippen molar-refractivity contribution < 1.29 is 19.4 Å². The quantitative estimate of drug-likeness (QED) is 0.177. The van der Waals surface area contributed by atoms with Crippen LogP contribution in [-0.4, -0.2) is 23.4 Å².